The molecule has 4 heteroatoms. The maximum absolute atomic E-state index is 12.1. The van der Waals surface area contributed by atoms with E-state index in [0.717, 1.165) is 25.1 Å². The van der Waals surface area contributed by atoms with Crippen molar-refractivity contribution in [3.8, 4) is 5.75 Å². The van der Waals surface area contributed by atoms with Gasteiger partial charge < -0.3 is 15.3 Å². The molecule has 0 spiro atoms. The highest BCUT2D eigenvalue weighted by molar-refractivity contribution is 5.75. The quantitative estimate of drug-likeness (QED) is 0.866. The molecule has 0 saturated carbocycles. The summed E-state index contributed by atoms with van der Waals surface area (Å²) in [6.07, 6.45) is 3.98. The lowest BCUT2D eigenvalue weighted by molar-refractivity contribution is -0.130. The Kier molecular flexibility index (Phi) is 5.41. The normalized spacial score (nSPS) is 16.1. The fraction of sp³-hybridized carbons (Fsp3) is 0.562. The molecular weight excluding hydrogens is 252 g/mol. The molecule has 2 rings (SSSR count). The molecule has 2 N–H and O–H groups in total. The zero-order valence-electron chi connectivity index (χ0n) is 12.1. The van der Waals surface area contributed by atoms with Gasteiger partial charge in [-0.15, -0.1) is 0 Å². The number of benzene rings is 1. The molecule has 0 aromatic heterocycles. The van der Waals surface area contributed by atoms with Crippen molar-refractivity contribution in [1.82, 2.24) is 10.2 Å². The standard InChI is InChI=1S/C16H24N2O2/c1-18(12-14-3-2-4-15(19)11-14)16(20)6-5-13-7-9-17-10-8-13/h2-4,11,13,17,19H,5-10,12H2,1H3. The van der Waals surface area contributed by atoms with Gasteiger partial charge in [0.1, 0.15) is 5.75 Å². The molecule has 1 aliphatic heterocycles. The third kappa shape index (κ3) is 4.53. The molecule has 0 aliphatic carbocycles. The SMILES string of the molecule is CN(Cc1cccc(O)c1)C(=O)CCC1CCNCC1. The van der Waals surface area contributed by atoms with Crippen LogP contribution in [0.15, 0.2) is 24.3 Å². The van der Waals surface area contributed by atoms with Crippen molar-refractivity contribution < 1.29 is 9.90 Å². The number of carbonyl (C=O) groups excluding carboxylic acids is 1. The molecule has 1 aliphatic rings. The van der Waals surface area contributed by atoms with Crippen LogP contribution in [-0.2, 0) is 11.3 Å². The molecule has 1 aromatic carbocycles. The van der Waals surface area contributed by atoms with Crippen molar-refractivity contribution in [3.05, 3.63) is 29.8 Å². The zero-order chi connectivity index (χ0) is 14.4. The second kappa shape index (κ2) is 7.29. The number of carbonyl (C=O) groups is 1. The van der Waals surface area contributed by atoms with Crippen molar-refractivity contribution >= 4 is 5.91 Å². The van der Waals surface area contributed by atoms with E-state index >= 15 is 0 Å². The van der Waals surface area contributed by atoms with E-state index in [1.54, 1.807) is 23.1 Å². The number of nitrogens with zero attached hydrogens (tertiary/aromatic N) is 1. The van der Waals surface area contributed by atoms with Crippen LogP contribution in [0.5, 0.6) is 5.75 Å². The number of nitrogens with one attached hydrogen (secondary N) is 1. The first-order valence-corrected chi connectivity index (χ1v) is 7.38. The van der Waals surface area contributed by atoms with Crippen molar-refractivity contribution in [2.45, 2.75) is 32.2 Å². The maximum Gasteiger partial charge on any atom is 0.222 e. The van der Waals surface area contributed by atoms with Gasteiger partial charge in [-0.1, -0.05) is 12.1 Å². The number of aromatic hydroxyl groups is 1. The number of hydrogen-bond acceptors (Lipinski definition) is 3. The van der Waals surface area contributed by atoms with Crippen LogP contribution in [0, 0.1) is 5.92 Å². The van der Waals surface area contributed by atoms with Gasteiger partial charge in [-0.05, 0) is 56.0 Å². The second-order valence-corrected chi connectivity index (χ2v) is 5.65. The molecule has 0 unspecified atom stereocenters. The highest BCUT2D eigenvalue weighted by Gasteiger charge is 2.16. The average molecular weight is 276 g/mol. The Morgan fingerprint density at radius 2 is 2.15 bits per heavy atom. The lowest BCUT2D eigenvalue weighted by atomic mass is 9.93. The molecule has 0 bridgehead atoms. The van der Waals surface area contributed by atoms with Gasteiger partial charge in [-0.25, -0.2) is 0 Å². The van der Waals surface area contributed by atoms with Gasteiger partial charge in [0.15, 0.2) is 0 Å². The van der Waals surface area contributed by atoms with E-state index < -0.39 is 0 Å². The zero-order valence-corrected chi connectivity index (χ0v) is 12.1. The molecule has 0 atom stereocenters. The summed E-state index contributed by atoms with van der Waals surface area (Å²) in [5, 5.41) is 12.8. The van der Waals surface area contributed by atoms with Crippen LogP contribution in [0.3, 0.4) is 0 Å². The first-order chi connectivity index (χ1) is 9.65. The van der Waals surface area contributed by atoms with Crippen molar-refractivity contribution in [2.75, 3.05) is 20.1 Å². The van der Waals surface area contributed by atoms with Gasteiger partial charge in [0.2, 0.25) is 5.91 Å². The van der Waals surface area contributed by atoms with Gasteiger partial charge in [0.05, 0.1) is 0 Å². The minimum Gasteiger partial charge on any atom is -0.508 e. The highest BCUT2D eigenvalue weighted by Crippen LogP contribution is 2.19. The third-order valence-electron chi connectivity index (χ3n) is 3.98. The summed E-state index contributed by atoms with van der Waals surface area (Å²) in [5.41, 5.74) is 0.961. The Labute approximate surface area is 120 Å². The number of amides is 1. The van der Waals surface area contributed by atoms with Gasteiger partial charge in [-0.2, -0.15) is 0 Å². The summed E-state index contributed by atoms with van der Waals surface area (Å²) in [7, 11) is 1.83. The minimum atomic E-state index is 0.187. The Hall–Kier alpha value is -1.55. The van der Waals surface area contributed by atoms with Crippen molar-refractivity contribution in [2.24, 2.45) is 5.92 Å². The Morgan fingerprint density at radius 1 is 1.40 bits per heavy atom. The molecule has 0 radical (unpaired) electrons. The third-order valence-corrected chi connectivity index (χ3v) is 3.98. The summed E-state index contributed by atoms with van der Waals surface area (Å²) in [4.78, 5) is 13.9. The smallest absolute Gasteiger partial charge is 0.222 e. The molecule has 1 heterocycles. The van der Waals surface area contributed by atoms with Gasteiger partial charge in [-0.3, -0.25) is 4.79 Å². The van der Waals surface area contributed by atoms with Gasteiger partial charge in [0, 0.05) is 20.0 Å². The molecule has 110 valence electrons. The second-order valence-electron chi connectivity index (χ2n) is 5.65. The molecule has 1 saturated heterocycles. The van der Waals surface area contributed by atoms with E-state index in [9.17, 15) is 9.90 Å². The molecule has 1 aromatic rings. The van der Waals surface area contributed by atoms with E-state index in [1.807, 2.05) is 13.1 Å². The van der Waals surface area contributed by atoms with Gasteiger partial charge >= 0.3 is 0 Å². The molecule has 4 nitrogen and oxygen atoms in total. The number of rotatable bonds is 5. The van der Waals surface area contributed by atoms with Crippen LogP contribution in [0.2, 0.25) is 0 Å². The maximum atomic E-state index is 12.1. The summed E-state index contributed by atoms with van der Waals surface area (Å²) in [5.74, 6) is 1.12. The van der Waals surface area contributed by atoms with Crippen LogP contribution in [0.25, 0.3) is 0 Å². The number of hydrogen-bond donors (Lipinski definition) is 2. The van der Waals surface area contributed by atoms with Crippen LogP contribution >= 0.6 is 0 Å². The molecule has 1 fully saturated rings. The van der Waals surface area contributed by atoms with Gasteiger partial charge in [0.25, 0.3) is 0 Å². The summed E-state index contributed by atoms with van der Waals surface area (Å²) < 4.78 is 0. The lowest BCUT2D eigenvalue weighted by Crippen LogP contribution is -2.30. The van der Waals surface area contributed by atoms with Crippen LogP contribution < -0.4 is 5.32 Å². The summed E-state index contributed by atoms with van der Waals surface area (Å²) in [6.45, 7) is 2.72. The van der Waals surface area contributed by atoms with E-state index in [0.29, 0.717) is 18.9 Å². The largest absolute Gasteiger partial charge is 0.508 e. The summed E-state index contributed by atoms with van der Waals surface area (Å²) in [6, 6.07) is 7.08. The van der Waals surface area contributed by atoms with E-state index in [-0.39, 0.29) is 11.7 Å². The molecular formula is C16H24N2O2. The Morgan fingerprint density at radius 3 is 2.85 bits per heavy atom. The number of piperidine rings is 1. The Bertz CT molecular complexity index is 442. The minimum absolute atomic E-state index is 0.187. The predicted octanol–water partition coefficient (Wildman–Crippen LogP) is 2.13. The monoisotopic (exact) mass is 276 g/mol. The fourth-order valence-corrected chi connectivity index (χ4v) is 2.71. The molecule has 1 amide bonds. The first-order valence-electron chi connectivity index (χ1n) is 7.38. The molecule has 20 heavy (non-hydrogen) atoms. The van der Waals surface area contributed by atoms with Crippen LogP contribution in [-0.4, -0.2) is 36.1 Å². The van der Waals surface area contributed by atoms with Crippen LogP contribution in [0.4, 0.5) is 0 Å². The number of phenolic OH excluding ortho intramolecular Hbond substituents is 1. The van der Waals surface area contributed by atoms with Crippen molar-refractivity contribution in [1.29, 1.82) is 0 Å². The van der Waals surface area contributed by atoms with Crippen LogP contribution in [0.1, 0.15) is 31.2 Å². The first kappa shape index (κ1) is 14.9. The van der Waals surface area contributed by atoms with E-state index in [4.69, 9.17) is 0 Å². The van der Waals surface area contributed by atoms with E-state index in [2.05, 4.69) is 5.32 Å². The highest BCUT2D eigenvalue weighted by atomic mass is 16.3. The lowest BCUT2D eigenvalue weighted by Gasteiger charge is -2.23. The topological polar surface area (TPSA) is 52.6 Å². The predicted molar refractivity (Wildman–Crippen MR) is 79.4 cm³/mol. The Balaban J connectivity index is 1.76. The van der Waals surface area contributed by atoms with E-state index in [1.165, 1.54) is 12.8 Å². The average Bonchev–Trinajstić information content (AvgIpc) is 2.46. The summed E-state index contributed by atoms with van der Waals surface area (Å²) >= 11 is 0. The van der Waals surface area contributed by atoms with Crippen molar-refractivity contribution in [3.63, 3.8) is 0 Å². The number of phenols is 1. The fourth-order valence-electron chi connectivity index (χ4n) is 2.71.